The van der Waals surface area contributed by atoms with Gasteiger partial charge >= 0.3 is 6.09 Å². The van der Waals surface area contributed by atoms with Gasteiger partial charge in [0.1, 0.15) is 5.60 Å². The van der Waals surface area contributed by atoms with E-state index in [0.29, 0.717) is 24.8 Å². The van der Waals surface area contributed by atoms with Gasteiger partial charge in [0.15, 0.2) is 0 Å². The van der Waals surface area contributed by atoms with Crippen LogP contribution in [0.4, 0.5) is 4.79 Å². The maximum atomic E-state index is 12.6. The molecular weight excluding hydrogens is 382 g/mol. The van der Waals surface area contributed by atoms with E-state index in [4.69, 9.17) is 21.1 Å². The van der Waals surface area contributed by atoms with E-state index in [1.165, 1.54) is 0 Å². The van der Waals surface area contributed by atoms with Crippen molar-refractivity contribution in [3.63, 3.8) is 0 Å². The molecule has 1 aromatic carbocycles. The number of ether oxygens (including phenoxy) is 2. The summed E-state index contributed by atoms with van der Waals surface area (Å²) in [4.78, 5) is 14.3. The highest BCUT2D eigenvalue weighted by Gasteiger charge is 2.32. The molecule has 1 aliphatic heterocycles. The maximum Gasteiger partial charge on any atom is 0.410 e. The molecule has 0 spiro atoms. The van der Waals surface area contributed by atoms with Crippen LogP contribution in [-0.4, -0.2) is 36.4 Å². The summed E-state index contributed by atoms with van der Waals surface area (Å²) in [7, 11) is 0. The number of halogens is 2. The normalized spacial score (nSPS) is 19.3. The largest absolute Gasteiger partial charge is 0.444 e. The highest BCUT2D eigenvalue weighted by molar-refractivity contribution is 9.08. The third kappa shape index (κ3) is 5.10. The number of alkyl halides is 1. The third-order valence-electron chi connectivity index (χ3n) is 3.55. The molecule has 0 N–H and O–H groups in total. The molecule has 23 heavy (non-hydrogen) atoms. The number of hydrogen-bond acceptors (Lipinski definition) is 3. The molecule has 0 radical (unpaired) electrons. The van der Waals surface area contributed by atoms with Crippen LogP contribution < -0.4 is 0 Å². The first-order valence-corrected chi connectivity index (χ1v) is 9.23. The zero-order valence-corrected chi connectivity index (χ0v) is 16.1. The molecule has 6 heteroatoms. The lowest BCUT2D eigenvalue weighted by atomic mass is 10.0. The van der Waals surface area contributed by atoms with Crippen LogP contribution in [0.3, 0.4) is 0 Å². The first kappa shape index (κ1) is 18.6. The van der Waals surface area contributed by atoms with Crippen LogP contribution in [0.1, 0.15) is 44.4 Å². The van der Waals surface area contributed by atoms with Gasteiger partial charge in [-0.1, -0.05) is 39.7 Å². The van der Waals surface area contributed by atoms with Crippen LogP contribution in [0.5, 0.6) is 0 Å². The molecule has 0 unspecified atom stereocenters. The number of carbonyl (C=O) groups excluding carboxylic acids is 1. The second kappa shape index (κ2) is 7.86. The monoisotopic (exact) mass is 403 g/mol. The molecule has 0 aromatic heterocycles. The molecule has 1 heterocycles. The number of nitrogens with zero attached hydrogens (tertiary/aromatic N) is 1. The fourth-order valence-corrected chi connectivity index (χ4v) is 3.18. The fraction of sp³-hybridized carbons (Fsp3) is 0.588. The van der Waals surface area contributed by atoms with Crippen molar-refractivity contribution in [2.24, 2.45) is 0 Å². The SMILES string of the molecule is CC(C)(C)OC(=O)N1CCCOC[C@H]1c1ccc(CBr)cc1Cl. The van der Waals surface area contributed by atoms with Crippen molar-refractivity contribution in [1.82, 2.24) is 4.90 Å². The zero-order valence-electron chi connectivity index (χ0n) is 13.8. The first-order valence-electron chi connectivity index (χ1n) is 7.73. The van der Waals surface area contributed by atoms with Gasteiger partial charge in [-0.25, -0.2) is 4.79 Å². The van der Waals surface area contributed by atoms with Crippen LogP contribution in [0, 0.1) is 0 Å². The quantitative estimate of drug-likeness (QED) is 0.656. The molecule has 1 atom stereocenters. The molecule has 0 saturated carbocycles. The molecule has 1 aromatic rings. The second-order valence-electron chi connectivity index (χ2n) is 6.61. The number of rotatable bonds is 2. The van der Waals surface area contributed by atoms with E-state index in [1.54, 1.807) is 4.90 Å². The lowest BCUT2D eigenvalue weighted by Gasteiger charge is -2.32. The molecule has 2 rings (SSSR count). The first-order chi connectivity index (χ1) is 10.8. The van der Waals surface area contributed by atoms with Crippen molar-refractivity contribution < 1.29 is 14.3 Å². The molecule has 1 saturated heterocycles. The predicted octanol–water partition coefficient (Wildman–Crippen LogP) is 4.93. The van der Waals surface area contributed by atoms with Gasteiger partial charge in [0.25, 0.3) is 0 Å². The average molecular weight is 405 g/mol. The van der Waals surface area contributed by atoms with Gasteiger partial charge in [0.05, 0.1) is 12.6 Å². The molecule has 1 amide bonds. The fourth-order valence-electron chi connectivity index (χ4n) is 2.50. The molecular formula is C17H23BrClNO3. The molecule has 128 valence electrons. The Kier molecular flexibility index (Phi) is 6.34. The van der Waals surface area contributed by atoms with Crippen LogP contribution in [0.2, 0.25) is 5.02 Å². The van der Waals surface area contributed by atoms with E-state index >= 15 is 0 Å². The standard InChI is InChI=1S/C17H23BrClNO3/c1-17(2,3)23-16(21)20-7-4-8-22-11-15(20)13-6-5-12(10-18)9-14(13)19/h5-6,9,15H,4,7-8,10-11H2,1-3H3/t15-/m0/s1. The molecule has 0 bridgehead atoms. The van der Waals surface area contributed by atoms with E-state index in [2.05, 4.69) is 15.9 Å². The van der Waals surface area contributed by atoms with Crippen LogP contribution >= 0.6 is 27.5 Å². The summed E-state index contributed by atoms with van der Waals surface area (Å²) >= 11 is 9.87. The smallest absolute Gasteiger partial charge is 0.410 e. The molecule has 0 aliphatic carbocycles. The summed E-state index contributed by atoms with van der Waals surface area (Å²) < 4.78 is 11.2. The maximum absolute atomic E-state index is 12.6. The van der Waals surface area contributed by atoms with Crippen molar-refractivity contribution in [3.05, 3.63) is 34.3 Å². The number of benzene rings is 1. The third-order valence-corrected chi connectivity index (χ3v) is 4.52. The van der Waals surface area contributed by atoms with Gasteiger partial charge in [0, 0.05) is 23.5 Å². The van der Waals surface area contributed by atoms with Crippen molar-refractivity contribution >= 4 is 33.6 Å². The van der Waals surface area contributed by atoms with Crippen molar-refractivity contribution in [3.8, 4) is 0 Å². The van der Waals surface area contributed by atoms with E-state index in [9.17, 15) is 4.79 Å². The Morgan fingerprint density at radius 2 is 2.22 bits per heavy atom. The van der Waals surface area contributed by atoms with Crippen molar-refractivity contribution in [2.75, 3.05) is 19.8 Å². The Labute approximate surface area is 151 Å². The van der Waals surface area contributed by atoms with Crippen molar-refractivity contribution in [1.29, 1.82) is 0 Å². The molecule has 1 fully saturated rings. The lowest BCUT2D eigenvalue weighted by Crippen LogP contribution is -2.40. The summed E-state index contributed by atoms with van der Waals surface area (Å²) in [6.45, 7) is 7.25. The van der Waals surface area contributed by atoms with Crippen LogP contribution in [0.25, 0.3) is 0 Å². The average Bonchev–Trinajstić information content (AvgIpc) is 2.71. The van der Waals surface area contributed by atoms with E-state index in [-0.39, 0.29) is 12.1 Å². The Balaban J connectivity index is 2.29. The summed E-state index contributed by atoms with van der Waals surface area (Å²) in [5, 5.41) is 1.38. The molecule has 1 aliphatic rings. The number of hydrogen-bond donors (Lipinski definition) is 0. The van der Waals surface area contributed by atoms with E-state index < -0.39 is 5.60 Å². The van der Waals surface area contributed by atoms with Gasteiger partial charge in [-0.15, -0.1) is 0 Å². The Morgan fingerprint density at radius 3 is 2.83 bits per heavy atom. The minimum atomic E-state index is -0.529. The summed E-state index contributed by atoms with van der Waals surface area (Å²) in [6.07, 6.45) is 0.459. The second-order valence-corrected chi connectivity index (χ2v) is 7.58. The Hall–Kier alpha value is -0.780. The van der Waals surface area contributed by atoms with Gasteiger partial charge in [-0.3, -0.25) is 4.90 Å². The van der Waals surface area contributed by atoms with E-state index in [1.807, 2.05) is 39.0 Å². The highest BCUT2D eigenvalue weighted by Crippen LogP contribution is 2.32. The van der Waals surface area contributed by atoms with Crippen LogP contribution in [-0.2, 0) is 14.8 Å². The summed E-state index contributed by atoms with van der Waals surface area (Å²) in [5.41, 5.74) is 1.46. The van der Waals surface area contributed by atoms with Gasteiger partial charge in [-0.2, -0.15) is 0 Å². The lowest BCUT2D eigenvalue weighted by molar-refractivity contribution is 0.0119. The van der Waals surface area contributed by atoms with Gasteiger partial charge in [0.2, 0.25) is 0 Å². The summed E-state index contributed by atoms with van der Waals surface area (Å²) in [6, 6.07) is 5.66. The van der Waals surface area contributed by atoms with Gasteiger partial charge < -0.3 is 9.47 Å². The van der Waals surface area contributed by atoms with Crippen LogP contribution in [0.15, 0.2) is 18.2 Å². The van der Waals surface area contributed by atoms with Crippen molar-refractivity contribution in [2.45, 2.75) is 44.2 Å². The minimum absolute atomic E-state index is 0.232. The summed E-state index contributed by atoms with van der Waals surface area (Å²) in [5.74, 6) is 0. The Morgan fingerprint density at radius 1 is 1.48 bits per heavy atom. The number of carbonyl (C=O) groups is 1. The van der Waals surface area contributed by atoms with E-state index in [0.717, 1.165) is 22.9 Å². The topological polar surface area (TPSA) is 38.8 Å². The zero-order chi connectivity index (χ0) is 17.0. The Bertz CT molecular complexity index is 559. The highest BCUT2D eigenvalue weighted by atomic mass is 79.9. The predicted molar refractivity (Wildman–Crippen MR) is 95.2 cm³/mol. The number of amides is 1. The minimum Gasteiger partial charge on any atom is -0.444 e. The van der Waals surface area contributed by atoms with Gasteiger partial charge in [-0.05, 0) is 44.4 Å². The molecule has 4 nitrogen and oxygen atoms in total.